The Morgan fingerprint density at radius 1 is 1.12 bits per heavy atom. The van der Waals surface area contributed by atoms with Crippen molar-refractivity contribution < 1.29 is 9.53 Å². The van der Waals surface area contributed by atoms with Crippen molar-refractivity contribution in [3.8, 4) is 22.8 Å². The summed E-state index contributed by atoms with van der Waals surface area (Å²) >= 11 is 5.91. The molecule has 0 amide bonds. The van der Waals surface area contributed by atoms with Crippen molar-refractivity contribution in [1.29, 1.82) is 0 Å². The topological polar surface area (TPSA) is 44.1 Å². The van der Waals surface area contributed by atoms with Crippen molar-refractivity contribution in [3.05, 3.63) is 66.2 Å². The van der Waals surface area contributed by atoms with Crippen LogP contribution < -0.4 is 4.74 Å². The van der Waals surface area contributed by atoms with Gasteiger partial charge < -0.3 is 4.74 Å². The molecule has 0 fully saturated rings. The van der Waals surface area contributed by atoms with Crippen LogP contribution in [0.4, 0.5) is 0 Å². The Bertz CT molecular complexity index is 900. The quantitative estimate of drug-likeness (QED) is 0.469. The van der Waals surface area contributed by atoms with Gasteiger partial charge in [0.1, 0.15) is 0 Å². The van der Waals surface area contributed by atoms with Crippen molar-refractivity contribution in [2.45, 2.75) is 20.8 Å². The molecule has 3 rings (SSSR count). The molecule has 0 saturated heterocycles. The first kappa shape index (κ1) is 18.2. The van der Waals surface area contributed by atoms with Gasteiger partial charge in [0, 0.05) is 17.5 Å². The lowest BCUT2D eigenvalue weighted by Gasteiger charge is -2.19. The van der Waals surface area contributed by atoms with Gasteiger partial charge >= 0.3 is 5.97 Å². The fraction of sp³-hybridized carbons (Fsp3) is 0.238. The summed E-state index contributed by atoms with van der Waals surface area (Å²) in [7, 11) is 0. The summed E-state index contributed by atoms with van der Waals surface area (Å²) < 4.78 is 7.31. The molecule has 0 N–H and O–H groups in total. The smallest absolute Gasteiger partial charge is 0.319 e. The molecule has 0 radical (unpaired) electrons. The number of rotatable bonds is 5. The summed E-state index contributed by atoms with van der Waals surface area (Å²) in [5, 5.41) is 4.65. The third kappa shape index (κ3) is 3.81. The number of ether oxygens (including phenoxy) is 1. The van der Waals surface area contributed by atoms with E-state index in [-0.39, 0.29) is 11.8 Å². The number of hydrogen-bond acceptors (Lipinski definition) is 3. The van der Waals surface area contributed by atoms with Crippen LogP contribution in [0.5, 0.6) is 5.88 Å². The maximum Gasteiger partial charge on any atom is 0.319 e. The van der Waals surface area contributed by atoms with Gasteiger partial charge in [0.05, 0.1) is 16.8 Å². The van der Waals surface area contributed by atoms with Crippen LogP contribution in [0.3, 0.4) is 0 Å². The molecule has 0 atom stereocenters. The highest BCUT2D eigenvalue weighted by atomic mass is 35.5. The Hall–Kier alpha value is -2.59. The van der Waals surface area contributed by atoms with Gasteiger partial charge in [-0.3, -0.25) is 4.79 Å². The van der Waals surface area contributed by atoms with E-state index < -0.39 is 5.41 Å². The molecule has 0 unspecified atom stereocenters. The molecule has 134 valence electrons. The second kappa shape index (κ2) is 7.34. The number of nitrogens with zero attached hydrogens (tertiary/aromatic N) is 2. The number of halogens is 1. The third-order valence-electron chi connectivity index (χ3n) is 4.11. The van der Waals surface area contributed by atoms with Crippen LogP contribution in [0, 0.1) is 12.3 Å². The first-order valence-corrected chi connectivity index (χ1v) is 8.95. The molecule has 0 spiro atoms. The summed E-state index contributed by atoms with van der Waals surface area (Å²) in [6.07, 6.45) is 0. The highest BCUT2D eigenvalue weighted by Crippen LogP contribution is 2.29. The van der Waals surface area contributed by atoms with E-state index in [1.807, 2.05) is 61.5 Å². The van der Waals surface area contributed by atoms with Gasteiger partial charge in [0.25, 0.3) is 0 Å². The molecule has 2 aromatic carbocycles. The lowest BCUT2D eigenvalue weighted by molar-refractivity contribution is -0.143. The molecule has 3 aromatic rings. The van der Waals surface area contributed by atoms with Gasteiger partial charge in [-0.05, 0) is 32.9 Å². The third-order valence-corrected chi connectivity index (χ3v) is 4.78. The summed E-state index contributed by atoms with van der Waals surface area (Å²) in [5.74, 6) is 0.159. The van der Waals surface area contributed by atoms with Crippen LogP contribution in [-0.4, -0.2) is 21.6 Å². The van der Waals surface area contributed by atoms with Gasteiger partial charge in [-0.2, -0.15) is 5.10 Å². The molecule has 1 aromatic heterocycles. The van der Waals surface area contributed by atoms with Crippen LogP contribution >= 0.6 is 11.6 Å². The Morgan fingerprint density at radius 2 is 1.77 bits per heavy atom. The molecule has 26 heavy (non-hydrogen) atoms. The average molecular weight is 369 g/mol. The van der Waals surface area contributed by atoms with E-state index in [0.29, 0.717) is 5.88 Å². The molecular formula is C21H21ClN2O2. The average Bonchev–Trinajstić information content (AvgIpc) is 3.07. The number of aryl methyl sites for hydroxylation is 1. The number of benzene rings is 2. The number of hydrogen-bond donors (Lipinski definition) is 0. The zero-order valence-electron chi connectivity index (χ0n) is 15.1. The second-order valence-electron chi connectivity index (χ2n) is 6.89. The fourth-order valence-corrected chi connectivity index (χ4v) is 2.45. The number of alkyl halides is 1. The molecule has 1 heterocycles. The lowest BCUT2D eigenvalue weighted by atomic mass is 9.97. The standard InChI is InChI=1S/C21H21ClN2O2/c1-15-9-11-17(12-10-15)24-19(26-20(25)21(2,3)14-22)13-18(23-24)16-7-5-4-6-8-16/h4-13H,14H2,1-3H3. The molecule has 5 heteroatoms. The molecular weight excluding hydrogens is 348 g/mol. The van der Waals surface area contributed by atoms with Crippen molar-refractivity contribution in [3.63, 3.8) is 0 Å². The Labute approximate surface area is 158 Å². The van der Waals surface area contributed by atoms with Gasteiger partial charge in [0.15, 0.2) is 0 Å². The summed E-state index contributed by atoms with van der Waals surface area (Å²) in [5.41, 5.74) is 2.87. The SMILES string of the molecule is Cc1ccc(-n2nc(-c3ccccc3)cc2OC(=O)C(C)(C)CCl)cc1. The largest absolute Gasteiger partial charge is 0.407 e. The lowest BCUT2D eigenvalue weighted by Crippen LogP contribution is -2.31. The molecule has 4 nitrogen and oxygen atoms in total. The highest BCUT2D eigenvalue weighted by molar-refractivity contribution is 6.19. The number of aromatic nitrogens is 2. The zero-order chi connectivity index (χ0) is 18.7. The summed E-state index contributed by atoms with van der Waals surface area (Å²) in [6.45, 7) is 5.53. The zero-order valence-corrected chi connectivity index (χ0v) is 15.8. The monoisotopic (exact) mass is 368 g/mol. The van der Waals surface area contributed by atoms with E-state index in [1.165, 1.54) is 0 Å². The summed E-state index contributed by atoms with van der Waals surface area (Å²) in [4.78, 5) is 12.5. The molecule has 0 saturated carbocycles. The minimum Gasteiger partial charge on any atom is -0.407 e. The maximum atomic E-state index is 12.5. The van der Waals surface area contributed by atoms with Crippen molar-refractivity contribution >= 4 is 17.6 Å². The van der Waals surface area contributed by atoms with Crippen LogP contribution in [-0.2, 0) is 4.79 Å². The van der Waals surface area contributed by atoms with E-state index in [2.05, 4.69) is 5.10 Å². The van der Waals surface area contributed by atoms with Crippen molar-refractivity contribution in [2.24, 2.45) is 5.41 Å². The van der Waals surface area contributed by atoms with Gasteiger partial charge in [-0.15, -0.1) is 11.6 Å². The van der Waals surface area contributed by atoms with Gasteiger partial charge in [-0.25, -0.2) is 4.68 Å². The van der Waals surface area contributed by atoms with Crippen LogP contribution in [0.25, 0.3) is 16.9 Å². The number of esters is 1. The highest BCUT2D eigenvalue weighted by Gasteiger charge is 2.30. The molecule has 0 bridgehead atoms. The van der Waals surface area contributed by atoms with E-state index in [0.717, 1.165) is 22.5 Å². The first-order valence-electron chi connectivity index (χ1n) is 8.41. The van der Waals surface area contributed by atoms with Crippen LogP contribution in [0.15, 0.2) is 60.7 Å². The fourth-order valence-electron chi connectivity index (χ4n) is 2.35. The predicted molar refractivity (Wildman–Crippen MR) is 104 cm³/mol. The van der Waals surface area contributed by atoms with Crippen LogP contribution in [0.1, 0.15) is 19.4 Å². The Kier molecular flexibility index (Phi) is 5.14. The molecule has 0 aliphatic heterocycles. The number of carbonyl (C=O) groups excluding carboxylic acids is 1. The summed E-state index contributed by atoms with van der Waals surface area (Å²) in [6, 6.07) is 19.4. The Balaban J connectivity index is 2.04. The van der Waals surface area contributed by atoms with Gasteiger partial charge in [0.2, 0.25) is 5.88 Å². The number of carbonyl (C=O) groups is 1. The second-order valence-corrected chi connectivity index (χ2v) is 7.16. The normalized spacial score (nSPS) is 11.4. The molecule has 0 aliphatic rings. The van der Waals surface area contributed by atoms with Crippen molar-refractivity contribution in [2.75, 3.05) is 5.88 Å². The predicted octanol–water partition coefficient (Wildman–Crippen LogP) is 5.02. The Morgan fingerprint density at radius 3 is 2.38 bits per heavy atom. The van der Waals surface area contributed by atoms with E-state index in [1.54, 1.807) is 24.6 Å². The minimum absolute atomic E-state index is 0.177. The van der Waals surface area contributed by atoms with Gasteiger partial charge in [-0.1, -0.05) is 48.0 Å². The van der Waals surface area contributed by atoms with Crippen LogP contribution in [0.2, 0.25) is 0 Å². The maximum absolute atomic E-state index is 12.5. The minimum atomic E-state index is -0.781. The first-order chi connectivity index (χ1) is 12.4. The van der Waals surface area contributed by atoms with E-state index >= 15 is 0 Å². The molecule has 0 aliphatic carbocycles. The van der Waals surface area contributed by atoms with Crippen molar-refractivity contribution in [1.82, 2.24) is 9.78 Å². The van der Waals surface area contributed by atoms with E-state index in [9.17, 15) is 4.79 Å². The van der Waals surface area contributed by atoms with E-state index in [4.69, 9.17) is 16.3 Å².